The number of rotatable bonds is 2. The fourth-order valence-electron chi connectivity index (χ4n) is 2.72. The summed E-state index contributed by atoms with van der Waals surface area (Å²) in [6.07, 6.45) is 5.83. The Balaban J connectivity index is 0.000000514. The number of piperidine rings is 1. The molecule has 0 spiro atoms. The summed E-state index contributed by atoms with van der Waals surface area (Å²) in [5.41, 5.74) is 0. The van der Waals surface area contributed by atoms with Gasteiger partial charge in [-0.05, 0) is 32.4 Å². The molecule has 3 heteroatoms. The van der Waals surface area contributed by atoms with Crippen molar-refractivity contribution in [2.45, 2.75) is 51.3 Å². The lowest BCUT2D eigenvalue weighted by atomic mass is 9.79. The third-order valence-corrected chi connectivity index (χ3v) is 3.69. The van der Waals surface area contributed by atoms with E-state index in [1.807, 2.05) is 32.0 Å². The maximum Gasteiger partial charge on any atom is 0.213 e. The van der Waals surface area contributed by atoms with Crippen molar-refractivity contribution in [1.82, 2.24) is 9.88 Å². The highest BCUT2D eigenvalue weighted by molar-refractivity contribution is 5.11. The molecule has 1 aromatic rings. The molecule has 2 bridgehead atoms. The SMILES string of the molecule is CC.CN1C2CC(Oc3ccccn3)CC1C2. The average molecular weight is 234 g/mol. The largest absolute Gasteiger partial charge is 0.474 e. The van der Waals surface area contributed by atoms with Gasteiger partial charge in [-0.3, -0.25) is 0 Å². The average Bonchev–Trinajstić information content (AvgIpc) is 2.42. The fourth-order valence-corrected chi connectivity index (χ4v) is 2.72. The smallest absolute Gasteiger partial charge is 0.213 e. The van der Waals surface area contributed by atoms with Gasteiger partial charge in [-0.1, -0.05) is 19.9 Å². The molecule has 1 aliphatic carbocycles. The molecular weight excluding hydrogens is 212 g/mol. The van der Waals surface area contributed by atoms with Crippen molar-refractivity contribution >= 4 is 0 Å². The highest BCUT2D eigenvalue weighted by Gasteiger charge is 2.43. The van der Waals surface area contributed by atoms with Crippen LogP contribution in [0.4, 0.5) is 0 Å². The van der Waals surface area contributed by atoms with Gasteiger partial charge in [0.05, 0.1) is 0 Å². The van der Waals surface area contributed by atoms with Gasteiger partial charge in [0, 0.05) is 24.3 Å². The van der Waals surface area contributed by atoms with Crippen molar-refractivity contribution in [3.63, 3.8) is 0 Å². The molecule has 3 nitrogen and oxygen atoms in total. The lowest BCUT2D eigenvalue weighted by molar-refractivity contribution is -0.0569. The standard InChI is InChI=1S/C12H16N2O.C2H6/c1-14-9-6-10(14)8-11(7-9)15-12-4-2-3-5-13-12;1-2/h2-5,9-11H,6-8H2,1H3;1-2H3. The van der Waals surface area contributed by atoms with E-state index >= 15 is 0 Å². The zero-order chi connectivity index (χ0) is 12.3. The number of pyridine rings is 1. The van der Waals surface area contributed by atoms with Gasteiger partial charge in [-0.2, -0.15) is 0 Å². The minimum atomic E-state index is 0.375. The molecule has 0 amide bonds. The molecule has 3 fully saturated rings. The third kappa shape index (κ3) is 2.60. The Morgan fingerprint density at radius 2 is 1.88 bits per heavy atom. The van der Waals surface area contributed by atoms with E-state index in [0.29, 0.717) is 6.10 Å². The Morgan fingerprint density at radius 1 is 1.18 bits per heavy atom. The highest BCUT2D eigenvalue weighted by Crippen LogP contribution is 2.37. The number of hydrogen-bond acceptors (Lipinski definition) is 3. The first-order chi connectivity index (χ1) is 8.33. The maximum absolute atomic E-state index is 5.87. The lowest BCUT2D eigenvalue weighted by Crippen LogP contribution is -2.60. The molecule has 17 heavy (non-hydrogen) atoms. The van der Waals surface area contributed by atoms with Crippen molar-refractivity contribution < 1.29 is 4.74 Å². The van der Waals surface area contributed by atoms with Crippen molar-refractivity contribution in [2.24, 2.45) is 0 Å². The fraction of sp³-hybridized carbons (Fsp3) is 0.643. The molecule has 2 aliphatic heterocycles. The number of hydrogen-bond donors (Lipinski definition) is 0. The van der Waals surface area contributed by atoms with E-state index in [4.69, 9.17) is 4.74 Å². The summed E-state index contributed by atoms with van der Waals surface area (Å²) in [7, 11) is 2.22. The van der Waals surface area contributed by atoms with Gasteiger partial charge < -0.3 is 9.64 Å². The van der Waals surface area contributed by atoms with Crippen LogP contribution in [-0.4, -0.2) is 35.1 Å². The molecule has 0 aromatic carbocycles. The Morgan fingerprint density at radius 3 is 2.41 bits per heavy atom. The highest BCUT2D eigenvalue weighted by atomic mass is 16.5. The minimum Gasteiger partial charge on any atom is -0.474 e. The van der Waals surface area contributed by atoms with E-state index in [0.717, 1.165) is 30.8 Å². The van der Waals surface area contributed by atoms with Gasteiger partial charge in [-0.25, -0.2) is 4.98 Å². The number of ether oxygens (including phenoxy) is 1. The van der Waals surface area contributed by atoms with Crippen molar-refractivity contribution in [1.29, 1.82) is 0 Å². The van der Waals surface area contributed by atoms with E-state index in [1.54, 1.807) is 6.20 Å². The molecule has 2 unspecified atom stereocenters. The van der Waals surface area contributed by atoms with E-state index in [1.165, 1.54) is 6.42 Å². The van der Waals surface area contributed by atoms with E-state index < -0.39 is 0 Å². The maximum atomic E-state index is 5.87. The summed E-state index contributed by atoms with van der Waals surface area (Å²) >= 11 is 0. The normalized spacial score (nSPS) is 30.9. The summed E-state index contributed by atoms with van der Waals surface area (Å²) in [6.45, 7) is 4.00. The van der Waals surface area contributed by atoms with E-state index in [-0.39, 0.29) is 0 Å². The summed E-state index contributed by atoms with van der Waals surface area (Å²) in [5, 5.41) is 0. The Kier molecular flexibility index (Phi) is 4.00. The zero-order valence-corrected chi connectivity index (χ0v) is 11.0. The Bertz CT molecular complexity index is 329. The van der Waals surface area contributed by atoms with Crippen molar-refractivity contribution in [3.8, 4) is 5.88 Å². The van der Waals surface area contributed by atoms with Crippen LogP contribution in [0.1, 0.15) is 33.1 Å². The van der Waals surface area contributed by atoms with Crippen LogP contribution < -0.4 is 4.74 Å². The predicted octanol–water partition coefficient (Wildman–Crippen LogP) is 2.72. The first-order valence-electron chi connectivity index (χ1n) is 6.62. The van der Waals surface area contributed by atoms with Crippen molar-refractivity contribution in [3.05, 3.63) is 24.4 Å². The molecule has 1 saturated carbocycles. The van der Waals surface area contributed by atoms with Crippen LogP contribution in [0.3, 0.4) is 0 Å². The van der Waals surface area contributed by atoms with Crippen LogP contribution in [-0.2, 0) is 0 Å². The van der Waals surface area contributed by atoms with Crippen molar-refractivity contribution in [2.75, 3.05) is 7.05 Å². The number of nitrogens with zero attached hydrogens (tertiary/aromatic N) is 2. The summed E-state index contributed by atoms with van der Waals surface area (Å²) in [6, 6.07) is 7.32. The molecule has 1 aromatic heterocycles. The second-order valence-electron chi connectivity index (χ2n) is 4.59. The van der Waals surface area contributed by atoms with Crippen LogP contribution in [0.2, 0.25) is 0 Å². The van der Waals surface area contributed by atoms with Crippen LogP contribution in [0.15, 0.2) is 24.4 Å². The molecule has 3 aliphatic rings. The molecule has 0 radical (unpaired) electrons. The topological polar surface area (TPSA) is 25.4 Å². The summed E-state index contributed by atoms with van der Waals surface area (Å²) in [5.74, 6) is 0.770. The van der Waals surface area contributed by atoms with Crippen LogP contribution in [0.5, 0.6) is 5.88 Å². The molecule has 94 valence electrons. The Labute approximate surface area is 104 Å². The predicted molar refractivity (Wildman–Crippen MR) is 69.2 cm³/mol. The van der Waals surface area contributed by atoms with Gasteiger partial charge in [0.2, 0.25) is 5.88 Å². The number of fused-ring (bicyclic) bond motifs is 2. The molecule has 4 rings (SSSR count). The van der Waals surface area contributed by atoms with E-state index in [9.17, 15) is 0 Å². The van der Waals surface area contributed by atoms with Crippen LogP contribution in [0, 0.1) is 0 Å². The molecule has 2 saturated heterocycles. The lowest BCUT2D eigenvalue weighted by Gasteiger charge is -2.53. The minimum absolute atomic E-state index is 0.375. The quantitative estimate of drug-likeness (QED) is 0.786. The molecular formula is C14H22N2O. The van der Waals surface area contributed by atoms with Gasteiger partial charge in [0.15, 0.2) is 0 Å². The number of aromatic nitrogens is 1. The second-order valence-corrected chi connectivity index (χ2v) is 4.59. The first-order valence-corrected chi connectivity index (χ1v) is 6.62. The molecule has 2 atom stereocenters. The van der Waals surface area contributed by atoms with Gasteiger partial charge in [0.25, 0.3) is 0 Å². The van der Waals surface area contributed by atoms with Gasteiger partial charge >= 0.3 is 0 Å². The van der Waals surface area contributed by atoms with E-state index in [2.05, 4.69) is 16.9 Å². The second kappa shape index (κ2) is 5.50. The first kappa shape index (κ1) is 12.4. The van der Waals surface area contributed by atoms with Gasteiger partial charge in [0.1, 0.15) is 6.10 Å². The Hall–Kier alpha value is -1.09. The van der Waals surface area contributed by atoms with Crippen LogP contribution in [0.25, 0.3) is 0 Å². The van der Waals surface area contributed by atoms with Crippen LogP contribution >= 0.6 is 0 Å². The third-order valence-electron chi connectivity index (χ3n) is 3.69. The molecule has 0 N–H and O–H groups in total. The zero-order valence-electron chi connectivity index (χ0n) is 11.0. The summed E-state index contributed by atoms with van der Waals surface area (Å²) < 4.78 is 5.87. The molecule has 3 heterocycles. The summed E-state index contributed by atoms with van der Waals surface area (Å²) in [4.78, 5) is 6.67. The van der Waals surface area contributed by atoms with Gasteiger partial charge in [-0.15, -0.1) is 0 Å². The monoisotopic (exact) mass is 234 g/mol.